The normalized spacial score (nSPS) is 10.6. The van der Waals surface area contributed by atoms with E-state index in [4.69, 9.17) is 4.74 Å². The quantitative estimate of drug-likeness (QED) is 0.582. The molecule has 0 saturated carbocycles. The maximum atomic E-state index is 11.8. The number of methoxy groups -OCH3 is 1. The summed E-state index contributed by atoms with van der Waals surface area (Å²) < 4.78 is 5.89. The topological polar surface area (TPSA) is 67.3 Å². The van der Waals surface area contributed by atoms with Crippen molar-refractivity contribution in [3.05, 3.63) is 35.4 Å². The average molecular weight is 352 g/mol. The van der Waals surface area contributed by atoms with Crippen LogP contribution >= 0.6 is 23.1 Å². The summed E-state index contributed by atoms with van der Waals surface area (Å²) >= 11 is 3.16. The van der Waals surface area contributed by atoms with Gasteiger partial charge in [0.1, 0.15) is 0 Å². The first-order chi connectivity index (χ1) is 11.1. The zero-order valence-corrected chi connectivity index (χ0v) is 15.0. The molecule has 0 aliphatic rings. The van der Waals surface area contributed by atoms with Crippen LogP contribution in [0.15, 0.2) is 28.6 Å². The number of carbonyl (C=O) groups excluding carboxylic acids is 1. The van der Waals surface area contributed by atoms with Crippen LogP contribution in [-0.2, 0) is 10.5 Å². The molecule has 0 unspecified atom stereocenters. The zero-order chi connectivity index (χ0) is 16.7. The van der Waals surface area contributed by atoms with Crippen molar-refractivity contribution in [2.24, 2.45) is 0 Å². The summed E-state index contributed by atoms with van der Waals surface area (Å²) in [5, 5.41) is 12.2. The molecule has 124 valence electrons. The lowest BCUT2D eigenvalue weighted by Crippen LogP contribution is -2.21. The SMILES string of the molecule is COCCNc1nnc(SCc2ccc(C(=O)N(C)C)cc2)s1. The third-order valence-electron chi connectivity index (χ3n) is 2.96. The van der Waals surface area contributed by atoms with Gasteiger partial charge in [0.25, 0.3) is 5.91 Å². The second kappa shape index (κ2) is 8.85. The highest BCUT2D eigenvalue weighted by molar-refractivity contribution is 8.00. The van der Waals surface area contributed by atoms with Gasteiger partial charge in [-0.05, 0) is 17.7 Å². The molecule has 2 rings (SSSR count). The van der Waals surface area contributed by atoms with Crippen LogP contribution in [0.25, 0.3) is 0 Å². The molecule has 0 fully saturated rings. The van der Waals surface area contributed by atoms with Gasteiger partial charge in [0, 0.05) is 39.1 Å². The summed E-state index contributed by atoms with van der Waals surface area (Å²) in [6.07, 6.45) is 0. The minimum Gasteiger partial charge on any atom is -0.383 e. The van der Waals surface area contributed by atoms with Crippen LogP contribution < -0.4 is 5.32 Å². The number of nitrogens with zero attached hydrogens (tertiary/aromatic N) is 3. The lowest BCUT2D eigenvalue weighted by Gasteiger charge is -2.10. The Kier molecular flexibility index (Phi) is 6.82. The van der Waals surface area contributed by atoms with E-state index in [-0.39, 0.29) is 5.91 Å². The highest BCUT2D eigenvalue weighted by atomic mass is 32.2. The van der Waals surface area contributed by atoms with Gasteiger partial charge in [-0.15, -0.1) is 10.2 Å². The number of rotatable bonds is 8. The highest BCUT2D eigenvalue weighted by Crippen LogP contribution is 2.28. The number of hydrogen-bond donors (Lipinski definition) is 1. The molecule has 0 aliphatic carbocycles. The zero-order valence-electron chi connectivity index (χ0n) is 13.4. The molecule has 2 aromatic rings. The number of ether oxygens (including phenoxy) is 1. The molecule has 0 saturated heterocycles. The molecule has 0 bridgehead atoms. The molecule has 0 spiro atoms. The summed E-state index contributed by atoms with van der Waals surface area (Å²) in [6, 6.07) is 7.66. The Morgan fingerprint density at radius 2 is 2.04 bits per heavy atom. The van der Waals surface area contributed by atoms with E-state index in [1.807, 2.05) is 24.3 Å². The number of hydrogen-bond acceptors (Lipinski definition) is 7. The van der Waals surface area contributed by atoms with E-state index < -0.39 is 0 Å². The molecule has 0 radical (unpaired) electrons. The van der Waals surface area contributed by atoms with Crippen molar-refractivity contribution in [1.82, 2.24) is 15.1 Å². The van der Waals surface area contributed by atoms with Gasteiger partial charge in [-0.3, -0.25) is 4.79 Å². The highest BCUT2D eigenvalue weighted by Gasteiger charge is 2.08. The van der Waals surface area contributed by atoms with E-state index in [1.165, 1.54) is 11.3 Å². The van der Waals surface area contributed by atoms with Gasteiger partial charge in [-0.25, -0.2) is 0 Å². The Bertz CT molecular complexity index is 629. The van der Waals surface area contributed by atoms with E-state index in [2.05, 4.69) is 15.5 Å². The van der Waals surface area contributed by atoms with E-state index in [0.717, 1.165) is 27.3 Å². The third kappa shape index (κ3) is 5.49. The van der Waals surface area contributed by atoms with Crippen molar-refractivity contribution >= 4 is 34.1 Å². The largest absolute Gasteiger partial charge is 0.383 e. The standard InChI is InChI=1S/C15H20N4O2S2/c1-19(2)13(20)12-6-4-11(5-7-12)10-22-15-18-17-14(23-15)16-8-9-21-3/h4-7H,8-10H2,1-3H3,(H,16,17). The maximum absolute atomic E-state index is 11.8. The van der Waals surface area contributed by atoms with Crippen molar-refractivity contribution in [2.45, 2.75) is 10.1 Å². The molecule has 1 aromatic heterocycles. The smallest absolute Gasteiger partial charge is 0.253 e. The summed E-state index contributed by atoms with van der Waals surface area (Å²) in [7, 11) is 5.17. The Morgan fingerprint density at radius 1 is 1.30 bits per heavy atom. The Labute approximate surface area is 144 Å². The van der Waals surface area contributed by atoms with Crippen LogP contribution in [0.4, 0.5) is 5.13 Å². The first kappa shape index (κ1) is 17.7. The number of carbonyl (C=O) groups is 1. The predicted octanol–water partition coefficient (Wildman–Crippen LogP) is 2.59. The molecule has 0 aliphatic heterocycles. The third-order valence-corrected chi connectivity index (χ3v) is 5.04. The first-order valence-corrected chi connectivity index (χ1v) is 8.90. The average Bonchev–Trinajstić information content (AvgIpc) is 3.01. The molecular formula is C15H20N4O2S2. The van der Waals surface area contributed by atoms with Gasteiger partial charge in [-0.1, -0.05) is 35.2 Å². The predicted molar refractivity (Wildman–Crippen MR) is 94.3 cm³/mol. The fourth-order valence-electron chi connectivity index (χ4n) is 1.75. The molecule has 1 N–H and O–H groups in total. The molecule has 1 amide bonds. The van der Waals surface area contributed by atoms with Crippen LogP contribution in [0.2, 0.25) is 0 Å². The van der Waals surface area contributed by atoms with E-state index >= 15 is 0 Å². The molecule has 1 aromatic carbocycles. The molecule has 0 atom stereocenters. The summed E-state index contributed by atoms with van der Waals surface area (Å²) in [4.78, 5) is 13.4. The van der Waals surface area contributed by atoms with Gasteiger partial charge in [0.2, 0.25) is 5.13 Å². The maximum Gasteiger partial charge on any atom is 0.253 e. The van der Waals surface area contributed by atoms with E-state index in [1.54, 1.807) is 37.9 Å². The van der Waals surface area contributed by atoms with Gasteiger partial charge in [0.15, 0.2) is 4.34 Å². The van der Waals surface area contributed by atoms with Crippen LogP contribution in [0, 0.1) is 0 Å². The minimum absolute atomic E-state index is 0.0140. The van der Waals surface area contributed by atoms with E-state index in [9.17, 15) is 4.79 Å². The number of nitrogens with one attached hydrogen (secondary N) is 1. The number of aromatic nitrogens is 2. The van der Waals surface area contributed by atoms with Gasteiger partial charge in [-0.2, -0.15) is 0 Å². The number of thioether (sulfide) groups is 1. The molecular weight excluding hydrogens is 332 g/mol. The summed E-state index contributed by atoms with van der Waals surface area (Å²) in [5.74, 6) is 0.809. The number of benzene rings is 1. The molecule has 23 heavy (non-hydrogen) atoms. The Hall–Kier alpha value is -1.64. The van der Waals surface area contributed by atoms with Gasteiger partial charge < -0.3 is 15.0 Å². The Balaban J connectivity index is 1.85. The van der Waals surface area contributed by atoms with E-state index in [0.29, 0.717) is 12.2 Å². The van der Waals surface area contributed by atoms with Crippen molar-refractivity contribution in [2.75, 3.05) is 39.7 Å². The fourth-order valence-corrected chi connectivity index (χ4v) is 3.48. The summed E-state index contributed by atoms with van der Waals surface area (Å²) in [6.45, 7) is 1.36. The molecule has 1 heterocycles. The second-order valence-electron chi connectivity index (χ2n) is 4.98. The number of anilines is 1. The fraction of sp³-hybridized carbons (Fsp3) is 0.400. The minimum atomic E-state index is 0.0140. The van der Waals surface area contributed by atoms with Crippen molar-refractivity contribution < 1.29 is 9.53 Å². The molecule has 8 heteroatoms. The monoisotopic (exact) mass is 352 g/mol. The van der Waals surface area contributed by atoms with Crippen molar-refractivity contribution in [3.8, 4) is 0 Å². The van der Waals surface area contributed by atoms with Crippen LogP contribution in [0.3, 0.4) is 0 Å². The van der Waals surface area contributed by atoms with Crippen molar-refractivity contribution in [3.63, 3.8) is 0 Å². The lowest BCUT2D eigenvalue weighted by atomic mass is 10.1. The Morgan fingerprint density at radius 3 is 2.70 bits per heavy atom. The summed E-state index contributed by atoms with van der Waals surface area (Å²) in [5.41, 5.74) is 1.85. The van der Waals surface area contributed by atoms with Crippen molar-refractivity contribution in [1.29, 1.82) is 0 Å². The van der Waals surface area contributed by atoms with Gasteiger partial charge >= 0.3 is 0 Å². The van der Waals surface area contributed by atoms with Crippen LogP contribution in [0.5, 0.6) is 0 Å². The van der Waals surface area contributed by atoms with Gasteiger partial charge in [0.05, 0.1) is 6.61 Å². The van der Waals surface area contributed by atoms with Crippen LogP contribution in [-0.4, -0.2) is 55.4 Å². The first-order valence-electron chi connectivity index (χ1n) is 7.10. The lowest BCUT2D eigenvalue weighted by molar-refractivity contribution is 0.0827. The van der Waals surface area contributed by atoms with Crippen LogP contribution in [0.1, 0.15) is 15.9 Å². The molecule has 6 nitrogen and oxygen atoms in total. The number of amides is 1. The second-order valence-corrected chi connectivity index (χ2v) is 7.18.